The normalized spacial score (nSPS) is 17.4. The number of nitrogens with one attached hydrogen (secondary N) is 1. The summed E-state index contributed by atoms with van der Waals surface area (Å²) in [6, 6.07) is 5.71. The van der Waals surface area contributed by atoms with Crippen LogP contribution >= 0.6 is 0 Å². The van der Waals surface area contributed by atoms with E-state index in [1.807, 2.05) is 6.07 Å². The standard InChI is InChI=1S/C16H25FN2O/c1-3-8-19-9-6-14(7-10-19)18-12-13-4-5-16(20-2)15(17)11-13/h4-5,11,14,18H,3,6-10,12H2,1-2H3. The minimum Gasteiger partial charge on any atom is -0.494 e. The average Bonchev–Trinajstić information content (AvgIpc) is 2.47. The van der Waals surface area contributed by atoms with E-state index in [2.05, 4.69) is 17.1 Å². The summed E-state index contributed by atoms with van der Waals surface area (Å²) in [5, 5.41) is 3.53. The molecular weight excluding hydrogens is 255 g/mol. The molecule has 0 aromatic heterocycles. The minimum atomic E-state index is -0.287. The second kappa shape index (κ2) is 7.60. The van der Waals surface area contributed by atoms with Crippen LogP contribution < -0.4 is 10.1 Å². The molecule has 1 fully saturated rings. The Balaban J connectivity index is 1.77. The first kappa shape index (κ1) is 15.3. The summed E-state index contributed by atoms with van der Waals surface area (Å²) < 4.78 is 18.5. The topological polar surface area (TPSA) is 24.5 Å². The van der Waals surface area contributed by atoms with Crippen molar-refractivity contribution in [2.75, 3.05) is 26.7 Å². The molecule has 0 amide bonds. The van der Waals surface area contributed by atoms with Crippen molar-refractivity contribution in [3.8, 4) is 5.75 Å². The van der Waals surface area contributed by atoms with E-state index in [4.69, 9.17) is 4.74 Å². The summed E-state index contributed by atoms with van der Waals surface area (Å²) in [6.07, 6.45) is 3.58. The molecule has 1 aromatic rings. The van der Waals surface area contributed by atoms with Gasteiger partial charge in [-0.1, -0.05) is 13.0 Å². The molecule has 0 atom stereocenters. The number of methoxy groups -OCH3 is 1. The smallest absolute Gasteiger partial charge is 0.165 e. The highest BCUT2D eigenvalue weighted by atomic mass is 19.1. The van der Waals surface area contributed by atoms with Crippen LogP contribution in [-0.4, -0.2) is 37.7 Å². The van der Waals surface area contributed by atoms with Gasteiger partial charge in [-0.2, -0.15) is 0 Å². The molecule has 20 heavy (non-hydrogen) atoms. The van der Waals surface area contributed by atoms with Gasteiger partial charge in [0.2, 0.25) is 0 Å². The fourth-order valence-electron chi connectivity index (χ4n) is 2.76. The first-order valence-electron chi connectivity index (χ1n) is 7.51. The van der Waals surface area contributed by atoms with E-state index >= 15 is 0 Å². The summed E-state index contributed by atoms with van der Waals surface area (Å²) in [5.74, 6) is 0.0196. The van der Waals surface area contributed by atoms with E-state index in [0.717, 1.165) is 12.1 Å². The average molecular weight is 280 g/mol. The fraction of sp³-hybridized carbons (Fsp3) is 0.625. The lowest BCUT2D eigenvalue weighted by Crippen LogP contribution is -2.42. The van der Waals surface area contributed by atoms with E-state index in [9.17, 15) is 4.39 Å². The van der Waals surface area contributed by atoms with Gasteiger partial charge in [-0.3, -0.25) is 0 Å². The van der Waals surface area contributed by atoms with Gasteiger partial charge in [0.25, 0.3) is 0 Å². The highest BCUT2D eigenvalue weighted by molar-refractivity contribution is 5.29. The van der Waals surface area contributed by atoms with Gasteiger partial charge in [0.05, 0.1) is 7.11 Å². The Hall–Kier alpha value is -1.13. The lowest BCUT2D eigenvalue weighted by atomic mass is 10.0. The number of likely N-dealkylation sites (tertiary alicyclic amines) is 1. The van der Waals surface area contributed by atoms with Gasteiger partial charge in [0, 0.05) is 12.6 Å². The molecule has 4 heteroatoms. The Morgan fingerprint density at radius 3 is 2.70 bits per heavy atom. The lowest BCUT2D eigenvalue weighted by molar-refractivity contribution is 0.197. The van der Waals surface area contributed by atoms with Crippen LogP contribution in [0.4, 0.5) is 4.39 Å². The molecule has 3 nitrogen and oxygen atoms in total. The van der Waals surface area contributed by atoms with Crippen LogP contribution in [0.1, 0.15) is 31.7 Å². The number of piperidine rings is 1. The van der Waals surface area contributed by atoms with Crippen molar-refractivity contribution < 1.29 is 9.13 Å². The Morgan fingerprint density at radius 2 is 2.10 bits per heavy atom. The van der Waals surface area contributed by atoms with Gasteiger partial charge in [-0.15, -0.1) is 0 Å². The highest BCUT2D eigenvalue weighted by Gasteiger charge is 2.17. The number of rotatable bonds is 6. The van der Waals surface area contributed by atoms with Crippen molar-refractivity contribution in [3.63, 3.8) is 0 Å². The third-order valence-corrected chi connectivity index (χ3v) is 3.94. The van der Waals surface area contributed by atoms with Gasteiger partial charge in [-0.05, 0) is 56.6 Å². The molecule has 0 saturated carbocycles. The van der Waals surface area contributed by atoms with Gasteiger partial charge >= 0.3 is 0 Å². The number of hydrogen-bond acceptors (Lipinski definition) is 3. The van der Waals surface area contributed by atoms with Crippen LogP contribution in [-0.2, 0) is 6.54 Å². The molecule has 0 aliphatic carbocycles. The van der Waals surface area contributed by atoms with Crippen LogP contribution in [0.5, 0.6) is 5.75 Å². The molecule has 1 aliphatic rings. The predicted octanol–water partition coefficient (Wildman–Crippen LogP) is 2.80. The van der Waals surface area contributed by atoms with Crippen molar-refractivity contribution in [3.05, 3.63) is 29.6 Å². The monoisotopic (exact) mass is 280 g/mol. The molecule has 1 saturated heterocycles. The van der Waals surface area contributed by atoms with Gasteiger partial charge in [0.15, 0.2) is 11.6 Å². The van der Waals surface area contributed by atoms with Crippen molar-refractivity contribution in [1.29, 1.82) is 0 Å². The third kappa shape index (κ3) is 4.18. The lowest BCUT2D eigenvalue weighted by Gasteiger charge is -2.32. The molecule has 2 rings (SSSR count). The summed E-state index contributed by atoms with van der Waals surface area (Å²) in [4.78, 5) is 2.52. The Labute approximate surface area is 121 Å². The SMILES string of the molecule is CCCN1CCC(NCc2ccc(OC)c(F)c2)CC1. The van der Waals surface area contributed by atoms with E-state index in [-0.39, 0.29) is 5.82 Å². The van der Waals surface area contributed by atoms with Crippen LogP contribution in [0.2, 0.25) is 0 Å². The zero-order valence-corrected chi connectivity index (χ0v) is 12.5. The number of ether oxygens (including phenoxy) is 1. The molecule has 0 bridgehead atoms. The van der Waals surface area contributed by atoms with E-state index in [0.29, 0.717) is 11.8 Å². The summed E-state index contributed by atoms with van der Waals surface area (Å²) in [6.45, 7) is 6.49. The molecule has 1 heterocycles. The quantitative estimate of drug-likeness (QED) is 0.867. The van der Waals surface area contributed by atoms with Gasteiger partial charge < -0.3 is 15.0 Å². The van der Waals surface area contributed by atoms with Gasteiger partial charge in [0.1, 0.15) is 0 Å². The number of halogens is 1. The van der Waals surface area contributed by atoms with Crippen LogP contribution in [0.3, 0.4) is 0 Å². The maximum atomic E-state index is 13.6. The van der Waals surface area contributed by atoms with E-state index in [1.54, 1.807) is 12.1 Å². The zero-order chi connectivity index (χ0) is 14.4. The van der Waals surface area contributed by atoms with E-state index in [1.165, 1.54) is 46.0 Å². The number of hydrogen-bond donors (Lipinski definition) is 1. The van der Waals surface area contributed by atoms with Crippen molar-refractivity contribution in [2.45, 2.75) is 38.8 Å². The van der Waals surface area contributed by atoms with Crippen LogP contribution in [0, 0.1) is 5.82 Å². The summed E-state index contributed by atoms with van der Waals surface area (Å²) >= 11 is 0. The molecular formula is C16H25FN2O. The first-order chi connectivity index (χ1) is 9.72. The summed E-state index contributed by atoms with van der Waals surface area (Å²) in [5.41, 5.74) is 0.972. The Kier molecular flexibility index (Phi) is 5.80. The largest absolute Gasteiger partial charge is 0.494 e. The second-order valence-corrected chi connectivity index (χ2v) is 5.47. The maximum Gasteiger partial charge on any atom is 0.165 e. The first-order valence-corrected chi connectivity index (χ1v) is 7.51. The molecule has 1 aromatic carbocycles. The predicted molar refractivity (Wildman–Crippen MR) is 79.5 cm³/mol. The molecule has 112 valence electrons. The second-order valence-electron chi connectivity index (χ2n) is 5.47. The molecule has 0 unspecified atom stereocenters. The minimum absolute atomic E-state index is 0.287. The molecule has 1 aliphatic heterocycles. The fourth-order valence-corrected chi connectivity index (χ4v) is 2.76. The third-order valence-electron chi connectivity index (χ3n) is 3.94. The molecule has 0 radical (unpaired) electrons. The van der Waals surface area contributed by atoms with Crippen LogP contribution in [0.25, 0.3) is 0 Å². The van der Waals surface area contributed by atoms with Crippen molar-refractivity contribution in [2.24, 2.45) is 0 Å². The number of nitrogens with zero attached hydrogens (tertiary/aromatic N) is 1. The Bertz CT molecular complexity index is 417. The van der Waals surface area contributed by atoms with Crippen molar-refractivity contribution in [1.82, 2.24) is 10.2 Å². The van der Waals surface area contributed by atoms with E-state index < -0.39 is 0 Å². The molecule has 1 N–H and O–H groups in total. The van der Waals surface area contributed by atoms with Crippen LogP contribution in [0.15, 0.2) is 18.2 Å². The van der Waals surface area contributed by atoms with Crippen molar-refractivity contribution >= 4 is 0 Å². The zero-order valence-electron chi connectivity index (χ0n) is 12.5. The Morgan fingerprint density at radius 1 is 1.35 bits per heavy atom. The molecule has 0 spiro atoms. The van der Waals surface area contributed by atoms with Gasteiger partial charge in [-0.25, -0.2) is 4.39 Å². The summed E-state index contributed by atoms with van der Waals surface area (Å²) in [7, 11) is 1.49. The number of benzene rings is 1. The maximum absolute atomic E-state index is 13.6. The highest BCUT2D eigenvalue weighted by Crippen LogP contribution is 2.18.